The van der Waals surface area contributed by atoms with Gasteiger partial charge in [0, 0.05) is 0 Å². The van der Waals surface area contributed by atoms with Gasteiger partial charge in [0.05, 0.1) is 6.20 Å². The van der Waals surface area contributed by atoms with Gasteiger partial charge in [0.2, 0.25) is 0 Å². The highest BCUT2D eigenvalue weighted by Crippen LogP contribution is 2.22. The van der Waals surface area contributed by atoms with E-state index in [1.165, 1.54) is 0 Å². The summed E-state index contributed by atoms with van der Waals surface area (Å²) in [4.78, 5) is 7.48. The lowest BCUT2D eigenvalue weighted by molar-refractivity contribution is 0.206. The third-order valence-electron chi connectivity index (χ3n) is 2.66. The highest BCUT2D eigenvalue weighted by Gasteiger charge is 2.12. The molecule has 2 aromatic rings. The van der Waals surface area contributed by atoms with E-state index in [1.54, 1.807) is 0 Å². The van der Waals surface area contributed by atoms with Crippen LogP contribution in [-0.2, 0) is 0 Å². The van der Waals surface area contributed by atoms with Crippen LogP contribution in [-0.4, -0.2) is 9.97 Å². The first-order valence-corrected chi connectivity index (χ1v) is 5.58. The minimum absolute atomic E-state index is 0.0738. The molecular formula is C13H14FN3O. The Morgan fingerprint density at radius 1 is 1.33 bits per heavy atom. The normalized spacial score (nSPS) is 12.2. The zero-order valence-corrected chi connectivity index (χ0v) is 10.2. The maximum absolute atomic E-state index is 12.9. The predicted molar refractivity (Wildman–Crippen MR) is 66.6 cm³/mol. The summed E-state index contributed by atoms with van der Waals surface area (Å²) in [6.45, 7) is 3.88. The van der Waals surface area contributed by atoms with Gasteiger partial charge in [-0.15, -0.1) is 0 Å². The van der Waals surface area contributed by atoms with Gasteiger partial charge in [-0.2, -0.15) is 4.98 Å². The van der Waals surface area contributed by atoms with E-state index in [4.69, 9.17) is 10.5 Å². The number of ether oxygens (including phenoxy) is 1. The minimum atomic E-state index is -0.647. The van der Waals surface area contributed by atoms with Crippen LogP contribution in [0.1, 0.15) is 24.2 Å². The summed E-state index contributed by atoms with van der Waals surface area (Å²) >= 11 is 0. The third-order valence-corrected chi connectivity index (χ3v) is 2.66. The van der Waals surface area contributed by atoms with Gasteiger partial charge < -0.3 is 10.5 Å². The van der Waals surface area contributed by atoms with Crippen LogP contribution in [0.5, 0.6) is 6.01 Å². The van der Waals surface area contributed by atoms with Gasteiger partial charge >= 0.3 is 6.01 Å². The summed E-state index contributed by atoms with van der Waals surface area (Å²) in [6, 6.07) is 7.92. The molecule has 0 saturated heterocycles. The standard InChI is InChI=1S/C13H14FN3O/c1-8-5-3-4-6-10(8)9(2)18-13-16-7-11(14)12(15)17-13/h3-7,9H,1-2H3,(H2,15,16,17). The zero-order valence-electron chi connectivity index (χ0n) is 10.2. The molecule has 0 radical (unpaired) electrons. The topological polar surface area (TPSA) is 61.0 Å². The fourth-order valence-electron chi connectivity index (χ4n) is 1.68. The lowest BCUT2D eigenvalue weighted by Gasteiger charge is -2.15. The molecule has 18 heavy (non-hydrogen) atoms. The van der Waals surface area contributed by atoms with Crippen molar-refractivity contribution < 1.29 is 9.13 Å². The van der Waals surface area contributed by atoms with Crippen LogP contribution in [0.25, 0.3) is 0 Å². The molecule has 0 aliphatic rings. The number of benzene rings is 1. The van der Waals surface area contributed by atoms with Crippen molar-refractivity contribution in [2.45, 2.75) is 20.0 Å². The van der Waals surface area contributed by atoms with Crippen molar-refractivity contribution in [2.75, 3.05) is 5.73 Å². The lowest BCUT2D eigenvalue weighted by Crippen LogP contribution is -2.08. The molecule has 0 aliphatic carbocycles. The van der Waals surface area contributed by atoms with E-state index in [0.717, 1.165) is 17.3 Å². The second kappa shape index (κ2) is 5.00. The quantitative estimate of drug-likeness (QED) is 0.905. The Bertz CT molecular complexity index is 560. The molecule has 94 valence electrons. The van der Waals surface area contributed by atoms with Gasteiger partial charge in [-0.1, -0.05) is 24.3 Å². The number of halogens is 1. The van der Waals surface area contributed by atoms with Crippen LogP contribution < -0.4 is 10.5 Å². The van der Waals surface area contributed by atoms with Crippen LogP contribution in [0.2, 0.25) is 0 Å². The Balaban J connectivity index is 2.19. The fraction of sp³-hybridized carbons (Fsp3) is 0.231. The third kappa shape index (κ3) is 2.56. The number of anilines is 1. The molecule has 0 aliphatic heterocycles. The van der Waals surface area contributed by atoms with Crippen LogP contribution in [0.4, 0.5) is 10.2 Å². The van der Waals surface area contributed by atoms with E-state index >= 15 is 0 Å². The summed E-state index contributed by atoms with van der Waals surface area (Å²) in [5, 5.41) is 0. The number of aryl methyl sites for hydroxylation is 1. The maximum atomic E-state index is 12.9. The monoisotopic (exact) mass is 247 g/mol. The van der Waals surface area contributed by atoms with E-state index in [9.17, 15) is 4.39 Å². The molecule has 0 bridgehead atoms. The van der Waals surface area contributed by atoms with E-state index in [1.807, 2.05) is 38.1 Å². The smallest absolute Gasteiger partial charge is 0.319 e. The van der Waals surface area contributed by atoms with E-state index in [-0.39, 0.29) is 17.9 Å². The first kappa shape index (κ1) is 12.3. The Morgan fingerprint density at radius 3 is 2.72 bits per heavy atom. The molecule has 5 heteroatoms. The van der Waals surface area contributed by atoms with Crippen LogP contribution in [0.3, 0.4) is 0 Å². The fourth-order valence-corrected chi connectivity index (χ4v) is 1.68. The van der Waals surface area contributed by atoms with Crippen molar-refractivity contribution in [2.24, 2.45) is 0 Å². The molecule has 0 fully saturated rings. The Labute approximate surface area is 105 Å². The van der Waals surface area contributed by atoms with Crippen LogP contribution in [0.15, 0.2) is 30.5 Å². The number of nitrogen functional groups attached to an aromatic ring is 1. The first-order valence-electron chi connectivity index (χ1n) is 5.58. The molecule has 2 N–H and O–H groups in total. The van der Waals surface area contributed by atoms with Gasteiger partial charge in [0.15, 0.2) is 11.6 Å². The minimum Gasteiger partial charge on any atom is -0.456 e. The van der Waals surface area contributed by atoms with Gasteiger partial charge in [-0.25, -0.2) is 9.37 Å². The van der Waals surface area contributed by atoms with Crippen molar-refractivity contribution >= 4 is 5.82 Å². The molecule has 1 unspecified atom stereocenters. The van der Waals surface area contributed by atoms with Crippen molar-refractivity contribution in [1.82, 2.24) is 9.97 Å². The molecule has 1 heterocycles. The number of hydrogen-bond acceptors (Lipinski definition) is 4. The van der Waals surface area contributed by atoms with Gasteiger partial charge in [0.25, 0.3) is 0 Å². The van der Waals surface area contributed by atoms with E-state index < -0.39 is 5.82 Å². The molecule has 4 nitrogen and oxygen atoms in total. The number of rotatable bonds is 3. The SMILES string of the molecule is Cc1ccccc1C(C)Oc1ncc(F)c(N)n1. The van der Waals surface area contributed by atoms with E-state index in [0.29, 0.717) is 0 Å². The number of nitrogens with zero attached hydrogens (tertiary/aromatic N) is 2. The molecule has 1 aromatic carbocycles. The average Bonchev–Trinajstić information content (AvgIpc) is 2.34. The Kier molecular flexibility index (Phi) is 3.41. The second-order valence-corrected chi connectivity index (χ2v) is 4.00. The van der Waals surface area contributed by atoms with Gasteiger partial charge in [0.1, 0.15) is 6.10 Å². The molecule has 0 amide bonds. The molecule has 0 saturated carbocycles. The first-order chi connectivity index (χ1) is 8.58. The lowest BCUT2D eigenvalue weighted by atomic mass is 10.1. The van der Waals surface area contributed by atoms with Gasteiger partial charge in [-0.05, 0) is 25.0 Å². The molecule has 1 aromatic heterocycles. The average molecular weight is 247 g/mol. The van der Waals surface area contributed by atoms with Crippen molar-refractivity contribution in [1.29, 1.82) is 0 Å². The van der Waals surface area contributed by atoms with Crippen molar-refractivity contribution in [3.05, 3.63) is 47.4 Å². The number of nitrogens with two attached hydrogens (primary N) is 1. The summed E-state index contributed by atoms with van der Waals surface area (Å²) in [7, 11) is 0. The van der Waals surface area contributed by atoms with Crippen molar-refractivity contribution in [3.63, 3.8) is 0 Å². The second-order valence-electron chi connectivity index (χ2n) is 4.00. The van der Waals surface area contributed by atoms with Gasteiger partial charge in [-0.3, -0.25) is 0 Å². The zero-order chi connectivity index (χ0) is 13.1. The molecular weight excluding hydrogens is 233 g/mol. The van der Waals surface area contributed by atoms with Crippen molar-refractivity contribution in [3.8, 4) is 6.01 Å². The Morgan fingerprint density at radius 2 is 2.06 bits per heavy atom. The summed E-state index contributed by atoms with van der Waals surface area (Å²) in [6.07, 6.45) is 0.776. The number of hydrogen-bond donors (Lipinski definition) is 1. The molecule has 1 atom stereocenters. The Hall–Kier alpha value is -2.17. The highest BCUT2D eigenvalue weighted by atomic mass is 19.1. The molecule has 0 spiro atoms. The summed E-state index contributed by atoms with van der Waals surface area (Å²) in [5.74, 6) is -0.858. The maximum Gasteiger partial charge on any atom is 0.319 e. The largest absolute Gasteiger partial charge is 0.456 e. The molecule has 2 rings (SSSR count). The van der Waals surface area contributed by atoms with Crippen LogP contribution in [0, 0.1) is 12.7 Å². The van der Waals surface area contributed by atoms with E-state index in [2.05, 4.69) is 9.97 Å². The summed E-state index contributed by atoms with van der Waals surface area (Å²) in [5.41, 5.74) is 7.50. The number of aromatic nitrogens is 2. The highest BCUT2D eigenvalue weighted by molar-refractivity contribution is 5.30. The predicted octanol–water partition coefficient (Wildman–Crippen LogP) is 2.65. The van der Waals surface area contributed by atoms with Crippen LogP contribution >= 0.6 is 0 Å². The summed E-state index contributed by atoms with van der Waals surface area (Å²) < 4.78 is 18.5.